The molecule has 0 aromatic heterocycles. The number of ether oxygens (including phenoxy) is 1. The summed E-state index contributed by atoms with van der Waals surface area (Å²) in [5.41, 5.74) is 2.87. The third-order valence-electron chi connectivity index (χ3n) is 3.72. The highest BCUT2D eigenvalue weighted by Gasteiger charge is 2.19. The average molecular weight is 249 g/mol. The summed E-state index contributed by atoms with van der Waals surface area (Å²) in [6.07, 6.45) is 0. The van der Waals surface area contributed by atoms with Crippen LogP contribution in [0, 0.1) is 18.3 Å². The van der Waals surface area contributed by atoms with E-state index < -0.39 is 0 Å². The Bertz CT molecular complexity index is 379. The number of hydrogen-bond acceptors (Lipinski definition) is 2. The third kappa shape index (κ3) is 4.34. The van der Waals surface area contributed by atoms with Gasteiger partial charge in [-0.05, 0) is 42.0 Å². The van der Waals surface area contributed by atoms with Gasteiger partial charge in [-0.1, -0.05) is 39.8 Å². The molecule has 0 spiro atoms. The second-order valence-electron chi connectivity index (χ2n) is 6.20. The molecule has 0 heterocycles. The molecule has 0 amide bonds. The predicted octanol–water partition coefficient (Wildman–Crippen LogP) is 3.78. The number of nitrogens with one attached hydrogen (secondary N) is 1. The monoisotopic (exact) mass is 249 g/mol. The molecule has 1 atom stereocenters. The van der Waals surface area contributed by atoms with Crippen molar-refractivity contribution in [2.75, 3.05) is 13.7 Å². The van der Waals surface area contributed by atoms with Crippen LogP contribution in [-0.2, 0) is 6.54 Å². The Kier molecular flexibility index (Phi) is 5.21. The predicted molar refractivity (Wildman–Crippen MR) is 78.1 cm³/mol. The second-order valence-corrected chi connectivity index (χ2v) is 6.20. The van der Waals surface area contributed by atoms with Crippen LogP contribution in [0.3, 0.4) is 0 Å². The van der Waals surface area contributed by atoms with Gasteiger partial charge in [0.25, 0.3) is 0 Å². The van der Waals surface area contributed by atoms with Crippen molar-refractivity contribution in [2.45, 2.75) is 41.2 Å². The van der Waals surface area contributed by atoms with Gasteiger partial charge < -0.3 is 10.1 Å². The van der Waals surface area contributed by atoms with E-state index in [2.05, 4.69) is 52.1 Å². The van der Waals surface area contributed by atoms with Crippen LogP contribution in [0.15, 0.2) is 18.2 Å². The van der Waals surface area contributed by atoms with Crippen LogP contribution >= 0.6 is 0 Å². The van der Waals surface area contributed by atoms with Gasteiger partial charge in [0.05, 0.1) is 7.11 Å². The van der Waals surface area contributed by atoms with E-state index in [9.17, 15) is 0 Å². The summed E-state index contributed by atoms with van der Waals surface area (Å²) in [5.74, 6) is 1.62. The summed E-state index contributed by atoms with van der Waals surface area (Å²) in [4.78, 5) is 0. The Balaban J connectivity index is 2.47. The maximum absolute atomic E-state index is 5.27. The van der Waals surface area contributed by atoms with Gasteiger partial charge in [-0.15, -0.1) is 0 Å². The Labute approximate surface area is 112 Å². The molecule has 1 aromatic rings. The first-order valence-electron chi connectivity index (χ1n) is 6.69. The van der Waals surface area contributed by atoms with E-state index in [-0.39, 0.29) is 0 Å². The molecule has 0 aliphatic rings. The molecule has 2 heteroatoms. The summed E-state index contributed by atoms with van der Waals surface area (Å²) in [5, 5.41) is 3.53. The zero-order valence-corrected chi connectivity index (χ0v) is 12.6. The molecule has 0 aliphatic heterocycles. The maximum Gasteiger partial charge on any atom is 0.121 e. The highest BCUT2D eigenvalue weighted by Crippen LogP contribution is 2.24. The van der Waals surface area contributed by atoms with Crippen LogP contribution in [0.4, 0.5) is 0 Å². The van der Waals surface area contributed by atoms with Crippen LogP contribution < -0.4 is 10.1 Å². The van der Waals surface area contributed by atoms with Crippen molar-refractivity contribution in [3.05, 3.63) is 29.3 Å². The Hall–Kier alpha value is -1.02. The van der Waals surface area contributed by atoms with Gasteiger partial charge in [-0.2, -0.15) is 0 Å². The van der Waals surface area contributed by atoms with Gasteiger partial charge in [-0.3, -0.25) is 0 Å². The lowest BCUT2D eigenvalue weighted by Gasteiger charge is -2.27. The molecule has 2 nitrogen and oxygen atoms in total. The number of rotatable bonds is 5. The minimum Gasteiger partial charge on any atom is -0.496 e. The molecule has 1 N–H and O–H groups in total. The van der Waals surface area contributed by atoms with E-state index in [1.807, 2.05) is 6.07 Å². The van der Waals surface area contributed by atoms with E-state index in [0.717, 1.165) is 18.8 Å². The number of hydrogen-bond donors (Lipinski definition) is 1. The van der Waals surface area contributed by atoms with Crippen LogP contribution in [-0.4, -0.2) is 13.7 Å². The molecular weight excluding hydrogens is 222 g/mol. The fraction of sp³-hybridized carbons (Fsp3) is 0.625. The lowest BCUT2D eigenvalue weighted by molar-refractivity contribution is 0.252. The first kappa shape index (κ1) is 15.0. The zero-order valence-electron chi connectivity index (χ0n) is 12.6. The van der Waals surface area contributed by atoms with Gasteiger partial charge in [0.15, 0.2) is 0 Å². The number of aryl methyl sites for hydroxylation is 1. The minimum absolute atomic E-state index is 0.364. The Morgan fingerprint density at radius 1 is 1.28 bits per heavy atom. The van der Waals surface area contributed by atoms with Crippen LogP contribution in [0.5, 0.6) is 5.75 Å². The minimum atomic E-state index is 0.364. The summed E-state index contributed by atoms with van der Waals surface area (Å²) in [7, 11) is 1.71. The van der Waals surface area contributed by atoms with Crippen LogP contribution in [0.1, 0.15) is 38.8 Å². The molecule has 18 heavy (non-hydrogen) atoms. The molecular formula is C16H27NO. The molecule has 1 unspecified atom stereocenters. The fourth-order valence-electron chi connectivity index (χ4n) is 1.79. The summed E-state index contributed by atoms with van der Waals surface area (Å²) >= 11 is 0. The largest absolute Gasteiger partial charge is 0.496 e. The van der Waals surface area contributed by atoms with Crippen molar-refractivity contribution in [3.8, 4) is 5.75 Å². The molecule has 0 bridgehead atoms. The topological polar surface area (TPSA) is 21.3 Å². The van der Waals surface area contributed by atoms with Crippen molar-refractivity contribution < 1.29 is 4.74 Å². The highest BCUT2D eigenvalue weighted by atomic mass is 16.5. The molecule has 0 aliphatic carbocycles. The summed E-state index contributed by atoms with van der Waals surface area (Å²) < 4.78 is 5.27. The van der Waals surface area contributed by atoms with Crippen molar-refractivity contribution in [1.82, 2.24) is 5.32 Å². The molecule has 0 fully saturated rings. The molecule has 0 saturated heterocycles. The summed E-state index contributed by atoms with van der Waals surface area (Å²) in [6.45, 7) is 13.2. The van der Waals surface area contributed by atoms with Crippen molar-refractivity contribution >= 4 is 0 Å². The third-order valence-corrected chi connectivity index (χ3v) is 3.72. The summed E-state index contributed by atoms with van der Waals surface area (Å²) in [6, 6.07) is 6.35. The Morgan fingerprint density at radius 3 is 2.44 bits per heavy atom. The maximum atomic E-state index is 5.27. The van der Waals surface area contributed by atoms with E-state index in [1.54, 1.807) is 7.11 Å². The zero-order chi connectivity index (χ0) is 13.8. The van der Waals surface area contributed by atoms with E-state index >= 15 is 0 Å². The SMILES string of the molecule is COc1ccc(CNCC(C)C(C)(C)C)cc1C. The van der Waals surface area contributed by atoms with Crippen molar-refractivity contribution in [3.63, 3.8) is 0 Å². The van der Waals surface area contributed by atoms with Gasteiger partial charge in [0.1, 0.15) is 5.75 Å². The molecule has 0 radical (unpaired) electrons. The molecule has 0 saturated carbocycles. The molecule has 1 aromatic carbocycles. The standard InChI is InChI=1S/C16H27NO/c1-12-9-14(7-8-15(12)18-6)11-17-10-13(2)16(3,4)5/h7-9,13,17H,10-11H2,1-6H3. The van der Waals surface area contributed by atoms with Gasteiger partial charge in [0.2, 0.25) is 0 Å². The number of methoxy groups -OCH3 is 1. The first-order chi connectivity index (χ1) is 8.34. The second kappa shape index (κ2) is 6.24. The normalized spacial score (nSPS) is 13.4. The van der Waals surface area contributed by atoms with Crippen molar-refractivity contribution in [2.24, 2.45) is 11.3 Å². The smallest absolute Gasteiger partial charge is 0.121 e. The van der Waals surface area contributed by atoms with E-state index in [0.29, 0.717) is 11.3 Å². The van der Waals surface area contributed by atoms with Gasteiger partial charge in [-0.25, -0.2) is 0 Å². The lowest BCUT2D eigenvalue weighted by Crippen LogP contribution is -2.29. The van der Waals surface area contributed by atoms with E-state index in [4.69, 9.17) is 4.74 Å². The van der Waals surface area contributed by atoms with Crippen LogP contribution in [0.25, 0.3) is 0 Å². The van der Waals surface area contributed by atoms with Crippen LogP contribution in [0.2, 0.25) is 0 Å². The van der Waals surface area contributed by atoms with E-state index in [1.165, 1.54) is 11.1 Å². The van der Waals surface area contributed by atoms with Crippen molar-refractivity contribution in [1.29, 1.82) is 0 Å². The average Bonchev–Trinajstić information content (AvgIpc) is 2.28. The lowest BCUT2D eigenvalue weighted by atomic mass is 9.82. The quantitative estimate of drug-likeness (QED) is 0.857. The van der Waals surface area contributed by atoms with Gasteiger partial charge >= 0.3 is 0 Å². The molecule has 102 valence electrons. The van der Waals surface area contributed by atoms with Gasteiger partial charge in [0, 0.05) is 6.54 Å². The number of benzene rings is 1. The highest BCUT2D eigenvalue weighted by molar-refractivity contribution is 5.36. The first-order valence-corrected chi connectivity index (χ1v) is 6.69. The molecule has 1 rings (SSSR count). The Morgan fingerprint density at radius 2 is 1.94 bits per heavy atom. The fourth-order valence-corrected chi connectivity index (χ4v) is 1.79.